The third-order valence-corrected chi connectivity index (χ3v) is 5.44. The quantitative estimate of drug-likeness (QED) is 0.466. The normalized spacial score (nSPS) is 14.4. The number of aryl methyl sites for hydroxylation is 1. The maximum atomic E-state index is 12.3. The summed E-state index contributed by atoms with van der Waals surface area (Å²) in [6.07, 6.45) is 1.66. The third-order valence-electron chi connectivity index (χ3n) is 5.44. The Morgan fingerprint density at radius 1 is 1.13 bits per heavy atom. The number of rotatable bonds is 4. The lowest BCUT2D eigenvalue weighted by Gasteiger charge is -2.15. The van der Waals surface area contributed by atoms with Gasteiger partial charge in [-0.15, -0.1) is 0 Å². The molecule has 9 nitrogen and oxygen atoms in total. The zero-order valence-electron chi connectivity index (χ0n) is 17.2. The molecule has 1 aliphatic heterocycles. The SMILES string of the molecule is Cc1cnc(Nc2ccc3c(c2)NC(=O)C3(C)C)nc1Nn1c(=O)oc2ccccc21. The summed E-state index contributed by atoms with van der Waals surface area (Å²) in [7, 11) is 0. The topological polar surface area (TPSA) is 114 Å². The van der Waals surface area contributed by atoms with Crippen molar-refractivity contribution in [2.75, 3.05) is 16.1 Å². The molecule has 0 aliphatic carbocycles. The molecule has 0 radical (unpaired) electrons. The summed E-state index contributed by atoms with van der Waals surface area (Å²) in [6.45, 7) is 5.63. The number of carbonyl (C=O) groups is 1. The van der Waals surface area contributed by atoms with E-state index in [1.165, 1.54) is 4.68 Å². The number of anilines is 4. The van der Waals surface area contributed by atoms with Gasteiger partial charge in [0.05, 0.1) is 5.41 Å². The molecular formula is C22H20N6O3. The second-order valence-electron chi connectivity index (χ2n) is 7.97. The van der Waals surface area contributed by atoms with Crippen LogP contribution in [-0.2, 0) is 10.2 Å². The summed E-state index contributed by atoms with van der Waals surface area (Å²) >= 11 is 0. The van der Waals surface area contributed by atoms with Crippen molar-refractivity contribution in [2.45, 2.75) is 26.2 Å². The van der Waals surface area contributed by atoms with Crippen LogP contribution in [0.1, 0.15) is 25.0 Å². The van der Waals surface area contributed by atoms with E-state index < -0.39 is 11.2 Å². The van der Waals surface area contributed by atoms with E-state index in [9.17, 15) is 9.59 Å². The van der Waals surface area contributed by atoms with Crippen LogP contribution in [-0.4, -0.2) is 20.6 Å². The van der Waals surface area contributed by atoms with Gasteiger partial charge in [-0.25, -0.2) is 9.78 Å². The van der Waals surface area contributed by atoms with E-state index in [1.807, 2.05) is 45.0 Å². The van der Waals surface area contributed by atoms with Crippen LogP contribution in [0.15, 0.2) is 57.9 Å². The van der Waals surface area contributed by atoms with Crippen molar-refractivity contribution in [2.24, 2.45) is 0 Å². The summed E-state index contributed by atoms with van der Waals surface area (Å²) in [6, 6.07) is 12.8. The van der Waals surface area contributed by atoms with Gasteiger partial charge in [-0.3, -0.25) is 10.2 Å². The van der Waals surface area contributed by atoms with Crippen molar-refractivity contribution in [1.82, 2.24) is 14.6 Å². The van der Waals surface area contributed by atoms with Gasteiger partial charge in [0.15, 0.2) is 11.4 Å². The van der Waals surface area contributed by atoms with E-state index in [-0.39, 0.29) is 5.91 Å². The second kappa shape index (κ2) is 6.69. The fourth-order valence-electron chi connectivity index (χ4n) is 3.59. The molecule has 1 amide bonds. The fraction of sp³-hybridized carbons (Fsp3) is 0.182. The number of hydrogen-bond donors (Lipinski definition) is 3. The highest BCUT2D eigenvalue weighted by Gasteiger charge is 2.38. The number of nitrogens with one attached hydrogen (secondary N) is 3. The average molecular weight is 416 g/mol. The summed E-state index contributed by atoms with van der Waals surface area (Å²) in [4.78, 5) is 33.3. The molecule has 0 saturated carbocycles. The number of aromatic nitrogens is 3. The molecule has 1 aliphatic rings. The number of oxazole rings is 1. The first kappa shape index (κ1) is 18.9. The molecule has 9 heteroatoms. The molecule has 0 unspecified atom stereocenters. The van der Waals surface area contributed by atoms with Crippen LogP contribution in [0.25, 0.3) is 11.1 Å². The number of benzene rings is 2. The molecule has 0 atom stereocenters. The molecule has 31 heavy (non-hydrogen) atoms. The predicted octanol–water partition coefficient (Wildman–Crippen LogP) is 3.54. The van der Waals surface area contributed by atoms with Crippen molar-refractivity contribution in [1.29, 1.82) is 0 Å². The number of amides is 1. The number of fused-ring (bicyclic) bond motifs is 2. The fourth-order valence-corrected chi connectivity index (χ4v) is 3.59. The van der Waals surface area contributed by atoms with Crippen LogP contribution in [0.5, 0.6) is 0 Å². The molecule has 2 aromatic carbocycles. The van der Waals surface area contributed by atoms with Gasteiger partial charge in [0.2, 0.25) is 11.9 Å². The largest absolute Gasteiger partial charge is 0.439 e. The Morgan fingerprint density at radius 2 is 1.94 bits per heavy atom. The Labute approximate surface area is 177 Å². The van der Waals surface area contributed by atoms with Crippen LogP contribution in [0, 0.1) is 6.92 Å². The Hall–Kier alpha value is -4.14. The van der Waals surface area contributed by atoms with Gasteiger partial charge >= 0.3 is 5.76 Å². The molecule has 3 heterocycles. The van der Waals surface area contributed by atoms with Crippen molar-refractivity contribution >= 4 is 40.1 Å². The molecule has 2 aromatic heterocycles. The van der Waals surface area contributed by atoms with Gasteiger partial charge in [-0.1, -0.05) is 18.2 Å². The smallest absolute Gasteiger partial charge is 0.406 e. The summed E-state index contributed by atoms with van der Waals surface area (Å²) < 4.78 is 6.56. The van der Waals surface area contributed by atoms with E-state index in [0.29, 0.717) is 22.9 Å². The maximum Gasteiger partial charge on any atom is 0.439 e. The molecule has 0 fully saturated rings. The Kier molecular flexibility index (Phi) is 4.07. The van der Waals surface area contributed by atoms with Crippen LogP contribution < -0.4 is 21.8 Å². The first-order chi connectivity index (χ1) is 14.8. The van der Waals surface area contributed by atoms with Crippen molar-refractivity contribution in [3.63, 3.8) is 0 Å². The minimum absolute atomic E-state index is 0.0319. The van der Waals surface area contributed by atoms with Gasteiger partial charge in [0.25, 0.3) is 0 Å². The van der Waals surface area contributed by atoms with Gasteiger partial charge in [-0.2, -0.15) is 9.66 Å². The van der Waals surface area contributed by atoms with Crippen LogP contribution in [0.2, 0.25) is 0 Å². The molecule has 5 rings (SSSR count). The molecule has 0 saturated heterocycles. The zero-order valence-corrected chi connectivity index (χ0v) is 17.2. The van der Waals surface area contributed by atoms with Gasteiger partial charge in [-0.05, 0) is 50.6 Å². The van der Waals surface area contributed by atoms with E-state index in [4.69, 9.17) is 4.42 Å². The van der Waals surface area contributed by atoms with E-state index >= 15 is 0 Å². The highest BCUT2D eigenvalue weighted by atomic mass is 16.4. The molecule has 0 spiro atoms. The second-order valence-corrected chi connectivity index (χ2v) is 7.97. The van der Waals surface area contributed by atoms with Gasteiger partial charge in [0, 0.05) is 23.1 Å². The van der Waals surface area contributed by atoms with E-state index in [1.54, 1.807) is 24.4 Å². The van der Waals surface area contributed by atoms with Crippen molar-refractivity contribution in [3.05, 3.63) is 70.3 Å². The molecule has 0 bridgehead atoms. The first-order valence-corrected chi connectivity index (χ1v) is 9.77. The van der Waals surface area contributed by atoms with Gasteiger partial charge < -0.3 is 15.1 Å². The summed E-state index contributed by atoms with van der Waals surface area (Å²) in [5.41, 5.74) is 6.74. The Balaban J connectivity index is 1.45. The number of para-hydroxylation sites is 2. The van der Waals surface area contributed by atoms with E-state index in [0.717, 1.165) is 22.5 Å². The summed E-state index contributed by atoms with van der Waals surface area (Å²) in [5.74, 6) is 0.237. The van der Waals surface area contributed by atoms with Crippen molar-refractivity contribution < 1.29 is 9.21 Å². The number of hydrogen-bond acceptors (Lipinski definition) is 7. The Bertz CT molecular complexity index is 1400. The van der Waals surface area contributed by atoms with Crippen LogP contribution in [0.4, 0.5) is 23.1 Å². The lowest BCUT2D eigenvalue weighted by molar-refractivity contribution is -0.119. The highest BCUT2D eigenvalue weighted by molar-refractivity contribution is 6.06. The zero-order chi connectivity index (χ0) is 21.8. The molecule has 4 aromatic rings. The Morgan fingerprint density at radius 3 is 2.77 bits per heavy atom. The lowest BCUT2D eigenvalue weighted by Crippen LogP contribution is -2.26. The van der Waals surface area contributed by atoms with E-state index in [2.05, 4.69) is 26.0 Å². The summed E-state index contributed by atoms with van der Waals surface area (Å²) in [5, 5.41) is 6.06. The lowest BCUT2D eigenvalue weighted by atomic mass is 9.86. The minimum Gasteiger partial charge on any atom is -0.406 e. The standard InChI is InChI=1S/C22H20N6O3/c1-12-11-23-20(24-13-8-9-14-15(10-13)25-19(29)22(14,2)3)26-18(12)27-28-16-6-4-5-7-17(16)31-21(28)30/h4-11H,1-3H3,(H,25,29)(H2,23,24,26,27). The molecule has 156 valence electrons. The van der Waals surface area contributed by atoms with Gasteiger partial charge in [0.1, 0.15) is 5.52 Å². The molecular weight excluding hydrogens is 396 g/mol. The predicted molar refractivity (Wildman–Crippen MR) is 118 cm³/mol. The van der Waals surface area contributed by atoms with Crippen molar-refractivity contribution in [3.8, 4) is 0 Å². The third kappa shape index (κ3) is 3.10. The molecule has 3 N–H and O–H groups in total. The number of nitrogens with zero attached hydrogens (tertiary/aromatic N) is 3. The average Bonchev–Trinajstić information content (AvgIpc) is 3.17. The minimum atomic E-state index is -0.564. The van der Waals surface area contributed by atoms with Crippen LogP contribution in [0.3, 0.4) is 0 Å². The monoisotopic (exact) mass is 416 g/mol. The number of carbonyl (C=O) groups excluding carboxylic acids is 1. The van der Waals surface area contributed by atoms with Crippen LogP contribution >= 0.6 is 0 Å². The maximum absolute atomic E-state index is 12.3. The highest BCUT2D eigenvalue weighted by Crippen LogP contribution is 2.38. The first-order valence-electron chi connectivity index (χ1n) is 9.77.